The van der Waals surface area contributed by atoms with Crippen LogP contribution in [0.4, 0.5) is 5.69 Å². The second-order valence-corrected chi connectivity index (χ2v) is 5.74. The highest BCUT2D eigenvalue weighted by Gasteiger charge is 2.30. The number of carbonyl (C=O) groups excluding carboxylic acids is 1. The summed E-state index contributed by atoms with van der Waals surface area (Å²) < 4.78 is 5.47. The number of aliphatic hydroxyl groups is 1. The summed E-state index contributed by atoms with van der Waals surface area (Å²) in [5, 5.41) is 12.5. The van der Waals surface area contributed by atoms with Gasteiger partial charge in [0.1, 0.15) is 6.04 Å². The molecule has 1 aromatic rings. The minimum absolute atomic E-state index is 0.0332. The Bertz CT molecular complexity index is 502. The molecule has 1 aliphatic heterocycles. The fraction of sp³-hybridized carbons (Fsp3) is 0.562. The number of carbonyl (C=O) groups is 1. The molecule has 2 N–H and O–H groups in total. The van der Waals surface area contributed by atoms with Crippen molar-refractivity contribution in [2.75, 3.05) is 24.7 Å². The molecule has 0 aliphatic carbocycles. The molecule has 1 amide bonds. The Morgan fingerprint density at radius 2 is 2.29 bits per heavy atom. The number of nitrogens with one attached hydrogen (secondary N) is 1. The number of ether oxygens (including phenoxy) is 1. The molecule has 1 atom stereocenters. The Balaban J connectivity index is 2.28. The van der Waals surface area contributed by atoms with E-state index in [0.29, 0.717) is 19.8 Å². The van der Waals surface area contributed by atoms with Crippen molar-refractivity contribution < 1.29 is 14.6 Å². The fourth-order valence-corrected chi connectivity index (χ4v) is 2.61. The summed E-state index contributed by atoms with van der Waals surface area (Å²) in [4.78, 5) is 14.4. The molecule has 1 aromatic carbocycles. The van der Waals surface area contributed by atoms with Gasteiger partial charge in [0, 0.05) is 23.8 Å². The molecule has 1 saturated heterocycles. The summed E-state index contributed by atoms with van der Waals surface area (Å²) in [6.45, 7) is 7.44. The number of anilines is 1. The van der Waals surface area contributed by atoms with Gasteiger partial charge in [0.2, 0.25) is 5.91 Å². The van der Waals surface area contributed by atoms with Crippen molar-refractivity contribution in [3.05, 3.63) is 29.3 Å². The highest BCUT2D eigenvalue weighted by Crippen LogP contribution is 2.26. The number of amides is 1. The summed E-state index contributed by atoms with van der Waals surface area (Å²) in [7, 11) is 0. The number of rotatable bonds is 4. The Morgan fingerprint density at radius 1 is 1.52 bits per heavy atom. The smallest absolute Gasteiger partial charge is 0.245 e. The number of nitrogens with zero attached hydrogens (tertiary/aromatic N) is 1. The van der Waals surface area contributed by atoms with Crippen LogP contribution in [0.5, 0.6) is 0 Å². The van der Waals surface area contributed by atoms with Crippen LogP contribution in [-0.2, 0) is 16.1 Å². The number of aliphatic hydroxyl groups excluding tert-OH is 1. The zero-order valence-corrected chi connectivity index (χ0v) is 12.9. The molecular weight excluding hydrogens is 268 g/mol. The van der Waals surface area contributed by atoms with Crippen LogP contribution in [-0.4, -0.2) is 42.9 Å². The van der Waals surface area contributed by atoms with Gasteiger partial charge in [-0.1, -0.05) is 17.7 Å². The third-order valence-electron chi connectivity index (χ3n) is 3.58. The van der Waals surface area contributed by atoms with Crippen molar-refractivity contribution in [1.29, 1.82) is 0 Å². The number of hydrogen-bond acceptors (Lipinski definition) is 4. The van der Waals surface area contributed by atoms with E-state index in [1.807, 2.05) is 43.9 Å². The van der Waals surface area contributed by atoms with Crippen LogP contribution in [0, 0.1) is 6.92 Å². The van der Waals surface area contributed by atoms with Crippen molar-refractivity contribution in [3.63, 3.8) is 0 Å². The SMILES string of the molecule is Cc1ccc(N2CCOCC2C(=O)NC(C)C)c(CO)c1. The molecule has 1 heterocycles. The van der Waals surface area contributed by atoms with Gasteiger partial charge in [-0.15, -0.1) is 0 Å². The van der Waals surface area contributed by atoms with Crippen molar-refractivity contribution in [3.8, 4) is 0 Å². The predicted octanol–water partition coefficient (Wildman–Crippen LogP) is 1.22. The van der Waals surface area contributed by atoms with Gasteiger partial charge in [-0.05, 0) is 26.8 Å². The maximum absolute atomic E-state index is 12.4. The van der Waals surface area contributed by atoms with Crippen LogP contribution in [0.2, 0.25) is 0 Å². The maximum Gasteiger partial charge on any atom is 0.245 e. The average Bonchev–Trinajstić information content (AvgIpc) is 2.46. The highest BCUT2D eigenvalue weighted by molar-refractivity contribution is 5.86. The van der Waals surface area contributed by atoms with Crippen molar-refractivity contribution in [2.45, 2.75) is 39.5 Å². The topological polar surface area (TPSA) is 61.8 Å². The Kier molecular flexibility index (Phi) is 5.20. The number of benzene rings is 1. The molecule has 0 spiro atoms. The van der Waals surface area contributed by atoms with E-state index in [9.17, 15) is 9.90 Å². The molecule has 1 fully saturated rings. The molecule has 116 valence electrons. The summed E-state index contributed by atoms with van der Waals surface area (Å²) in [5.41, 5.74) is 2.86. The van der Waals surface area contributed by atoms with Crippen LogP contribution in [0.15, 0.2) is 18.2 Å². The standard InChI is InChI=1S/C16H24N2O3/c1-11(2)17-16(20)15-10-21-7-6-18(15)14-5-4-12(3)8-13(14)9-19/h4-5,8,11,15,19H,6-7,9-10H2,1-3H3,(H,17,20). The van der Waals surface area contributed by atoms with Gasteiger partial charge in [0.05, 0.1) is 19.8 Å². The Morgan fingerprint density at radius 3 is 2.95 bits per heavy atom. The first-order valence-corrected chi connectivity index (χ1v) is 7.38. The molecule has 1 unspecified atom stereocenters. The lowest BCUT2D eigenvalue weighted by Crippen LogP contribution is -2.55. The van der Waals surface area contributed by atoms with Gasteiger partial charge in [-0.2, -0.15) is 0 Å². The molecule has 0 radical (unpaired) electrons. The van der Waals surface area contributed by atoms with E-state index < -0.39 is 0 Å². The molecule has 0 bridgehead atoms. The molecular formula is C16H24N2O3. The second kappa shape index (κ2) is 6.91. The van der Waals surface area contributed by atoms with Crippen molar-refractivity contribution in [1.82, 2.24) is 5.32 Å². The maximum atomic E-state index is 12.4. The van der Waals surface area contributed by atoms with E-state index in [1.54, 1.807) is 0 Å². The lowest BCUT2D eigenvalue weighted by Gasteiger charge is -2.37. The van der Waals surface area contributed by atoms with Gasteiger partial charge < -0.3 is 20.1 Å². The number of aryl methyl sites for hydroxylation is 1. The first-order valence-electron chi connectivity index (χ1n) is 7.38. The zero-order valence-electron chi connectivity index (χ0n) is 12.9. The van der Waals surface area contributed by atoms with Crippen LogP contribution >= 0.6 is 0 Å². The number of morpholine rings is 1. The average molecular weight is 292 g/mol. The predicted molar refractivity (Wildman–Crippen MR) is 82.3 cm³/mol. The first kappa shape index (κ1) is 15.8. The minimum Gasteiger partial charge on any atom is -0.392 e. The highest BCUT2D eigenvalue weighted by atomic mass is 16.5. The van der Waals surface area contributed by atoms with Crippen LogP contribution in [0.1, 0.15) is 25.0 Å². The molecule has 1 aliphatic rings. The van der Waals surface area contributed by atoms with Crippen LogP contribution in [0.3, 0.4) is 0 Å². The monoisotopic (exact) mass is 292 g/mol. The Hall–Kier alpha value is -1.59. The summed E-state index contributed by atoms with van der Waals surface area (Å²) in [5.74, 6) is -0.0332. The van der Waals surface area contributed by atoms with E-state index in [0.717, 1.165) is 16.8 Å². The van der Waals surface area contributed by atoms with Gasteiger partial charge in [-0.3, -0.25) is 4.79 Å². The van der Waals surface area contributed by atoms with E-state index in [1.165, 1.54) is 0 Å². The van der Waals surface area contributed by atoms with Gasteiger partial charge >= 0.3 is 0 Å². The molecule has 0 saturated carbocycles. The minimum atomic E-state index is -0.353. The van der Waals surface area contributed by atoms with Crippen molar-refractivity contribution >= 4 is 11.6 Å². The molecule has 21 heavy (non-hydrogen) atoms. The zero-order chi connectivity index (χ0) is 15.4. The third kappa shape index (κ3) is 3.74. The normalized spacial score (nSPS) is 18.9. The fourth-order valence-electron chi connectivity index (χ4n) is 2.61. The van der Waals surface area contributed by atoms with Gasteiger partial charge in [0.25, 0.3) is 0 Å². The first-order chi connectivity index (χ1) is 10.0. The number of hydrogen-bond donors (Lipinski definition) is 2. The molecule has 0 aromatic heterocycles. The molecule has 2 rings (SSSR count). The van der Waals surface area contributed by atoms with E-state index in [2.05, 4.69) is 5.32 Å². The van der Waals surface area contributed by atoms with E-state index >= 15 is 0 Å². The summed E-state index contributed by atoms with van der Waals surface area (Å²) >= 11 is 0. The van der Waals surface area contributed by atoms with Crippen molar-refractivity contribution in [2.24, 2.45) is 0 Å². The van der Waals surface area contributed by atoms with E-state index in [4.69, 9.17) is 4.74 Å². The summed E-state index contributed by atoms with van der Waals surface area (Å²) in [6, 6.07) is 5.68. The van der Waals surface area contributed by atoms with Gasteiger partial charge in [-0.25, -0.2) is 0 Å². The third-order valence-corrected chi connectivity index (χ3v) is 3.58. The van der Waals surface area contributed by atoms with Crippen LogP contribution in [0.25, 0.3) is 0 Å². The van der Waals surface area contributed by atoms with Crippen LogP contribution < -0.4 is 10.2 Å². The Labute approximate surface area is 125 Å². The largest absolute Gasteiger partial charge is 0.392 e. The molecule has 5 nitrogen and oxygen atoms in total. The van der Waals surface area contributed by atoms with Gasteiger partial charge in [0.15, 0.2) is 0 Å². The summed E-state index contributed by atoms with van der Waals surface area (Å²) in [6.07, 6.45) is 0. The quantitative estimate of drug-likeness (QED) is 0.876. The second-order valence-electron chi connectivity index (χ2n) is 5.74. The lowest BCUT2D eigenvalue weighted by molar-refractivity contribution is -0.125. The lowest BCUT2D eigenvalue weighted by atomic mass is 10.1. The van der Waals surface area contributed by atoms with E-state index in [-0.39, 0.29) is 24.6 Å². The molecule has 5 heteroatoms.